The van der Waals surface area contributed by atoms with Gasteiger partial charge in [-0.2, -0.15) is 0 Å². The van der Waals surface area contributed by atoms with E-state index in [2.05, 4.69) is 25.2 Å². The van der Waals surface area contributed by atoms with E-state index >= 15 is 0 Å². The second kappa shape index (κ2) is 8.08. The number of pyridine rings is 1. The maximum atomic E-state index is 12.4. The maximum absolute atomic E-state index is 12.4. The quantitative estimate of drug-likeness (QED) is 0.729. The van der Waals surface area contributed by atoms with E-state index in [1.165, 1.54) is 6.26 Å². The van der Waals surface area contributed by atoms with Crippen LogP contribution in [0, 0.1) is 6.92 Å². The Morgan fingerprint density at radius 3 is 2.75 bits per heavy atom. The number of nitrogens with one attached hydrogen (secondary N) is 1. The van der Waals surface area contributed by atoms with Crippen molar-refractivity contribution in [3.8, 4) is 0 Å². The Balaban J connectivity index is 1.39. The van der Waals surface area contributed by atoms with Crippen LogP contribution in [-0.2, 0) is 6.54 Å². The van der Waals surface area contributed by atoms with Crippen LogP contribution in [0.5, 0.6) is 0 Å². The van der Waals surface area contributed by atoms with Crippen molar-refractivity contribution in [3.63, 3.8) is 0 Å². The van der Waals surface area contributed by atoms with E-state index in [4.69, 9.17) is 4.42 Å². The first-order valence-electron chi connectivity index (χ1n) is 9.25. The number of hydrogen-bond acceptors (Lipinski definition) is 7. The summed E-state index contributed by atoms with van der Waals surface area (Å²) in [5.74, 6) is 2.67. The largest absolute Gasteiger partial charge is 0.459 e. The standard InChI is InChI=1S/C20H22N6O2/c1-15-23-18(22-14-16-4-2-6-21-13-16)12-19(24-15)25-7-9-26(10-8-25)20(27)17-5-3-11-28-17/h2-6,11-13H,7-10,14H2,1H3,(H,22,23,24). The number of nitrogens with zero attached hydrogens (tertiary/aromatic N) is 5. The Morgan fingerprint density at radius 1 is 1.18 bits per heavy atom. The zero-order valence-electron chi connectivity index (χ0n) is 15.7. The number of furan rings is 1. The minimum atomic E-state index is -0.0673. The first-order chi connectivity index (χ1) is 13.7. The van der Waals surface area contributed by atoms with Crippen LogP contribution in [0.4, 0.5) is 11.6 Å². The van der Waals surface area contributed by atoms with Crippen LogP contribution in [0.1, 0.15) is 21.9 Å². The van der Waals surface area contributed by atoms with Crippen molar-refractivity contribution in [3.05, 3.63) is 66.1 Å². The van der Waals surface area contributed by atoms with Gasteiger partial charge in [0.25, 0.3) is 5.91 Å². The summed E-state index contributed by atoms with van der Waals surface area (Å²) in [6.07, 6.45) is 5.11. The third-order valence-electron chi connectivity index (χ3n) is 4.64. The second-order valence-electron chi connectivity index (χ2n) is 6.63. The molecule has 1 N–H and O–H groups in total. The minimum absolute atomic E-state index is 0.0673. The normalized spacial score (nSPS) is 14.2. The van der Waals surface area contributed by atoms with E-state index < -0.39 is 0 Å². The summed E-state index contributed by atoms with van der Waals surface area (Å²) in [4.78, 5) is 29.6. The van der Waals surface area contributed by atoms with Gasteiger partial charge in [-0.05, 0) is 30.7 Å². The van der Waals surface area contributed by atoms with Gasteiger partial charge in [-0.15, -0.1) is 0 Å². The predicted molar refractivity (Wildman–Crippen MR) is 105 cm³/mol. The molecule has 0 unspecified atom stereocenters. The molecule has 1 saturated heterocycles. The van der Waals surface area contributed by atoms with E-state index in [1.54, 1.807) is 18.3 Å². The highest BCUT2D eigenvalue weighted by Crippen LogP contribution is 2.19. The van der Waals surface area contributed by atoms with Crippen molar-refractivity contribution >= 4 is 17.5 Å². The summed E-state index contributed by atoms with van der Waals surface area (Å²) in [7, 11) is 0. The van der Waals surface area contributed by atoms with Crippen LogP contribution in [-0.4, -0.2) is 51.9 Å². The smallest absolute Gasteiger partial charge is 0.289 e. The molecule has 8 nitrogen and oxygen atoms in total. The molecule has 8 heteroatoms. The number of aromatic nitrogens is 3. The maximum Gasteiger partial charge on any atom is 0.289 e. The first-order valence-corrected chi connectivity index (χ1v) is 9.25. The molecule has 1 fully saturated rings. The number of anilines is 2. The first kappa shape index (κ1) is 18.0. The van der Waals surface area contributed by atoms with Gasteiger partial charge < -0.3 is 19.5 Å². The van der Waals surface area contributed by atoms with Crippen LogP contribution in [0.2, 0.25) is 0 Å². The predicted octanol–water partition coefficient (Wildman–Crippen LogP) is 2.35. The van der Waals surface area contributed by atoms with Gasteiger partial charge in [0.1, 0.15) is 17.5 Å². The fourth-order valence-electron chi connectivity index (χ4n) is 3.19. The van der Waals surface area contributed by atoms with Gasteiger partial charge in [-0.25, -0.2) is 9.97 Å². The van der Waals surface area contributed by atoms with Crippen LogP contribution in [0.15, 0.2) is 53.4 Å². The van der Waals surface area contributed by atoms with Gasteiger partial charge in [-0.1, -0.05) is 6.07 Å². The second-order valence-corrected chi connectivity index (χ2v) is 6.63. The highest BCUT2D eigenvalue weighted by Gasteiger charge is 2.24. The number of carbonyl (C=O) groups is 1. The number of carbonyl (C=O) groups excluding carboxylic acids is 1. The number of rotatable bonds is 5. The van der Waals surface area contributed by atoms with Gasteiger partial charge in [0.2, 0.25) is 0 Å². The highest BCUT2D eigenvalue weighted by molar-refractivity contribution is 5.91. The molecule has 28 heavy (non-hydrogen) atoms. The molecule has 0 spiro atoms. The Hall–Kier alpha value is -3.42. The Labute approximate surface area is 163 Å². The summed E-state index contributed by atoms with van der Waals surface area (Å²) in [6, 6.07) is 9.31. The lowest BCUT2D eigenvalue weighted by atomic mass is 10.2. The van der Waals surface area contributed by atoms with Crippen molar-refractivity contribution in [2.75, 3.05) is 36.4 Å². The van der Waals surface area contributed by atoms with Gasteiger partial charge >= 0.3 is 0 Å². The molecule has 0 atom stereocenters. The van der Waals surface area contributed by atoms with Crippen LogP contribution in [0.25, 0.3) is 0 Å². The number of piperazine rings is 1. The molecule has 1 amide bonds. The molecule has 0 saturated carbocycles. The molecule has 4 heterocycles. The molecule has 0 aromatic carbocycles. The van der Waals surface area contributed by atoms with E-state index in [-0.39, 0.29) is 5.91 Å². The highest BCUT2D eigenvalue weighted by atomic mass is 16.3. The number of amides is 1. The molecule has 144 valence electrons. The fraction of sp³-hybridized carbons (Fsp3) is 0.300. The van der Waals surface area contributed by atoms with Crippen molar-refractivity contribution in [1.82, 2.24) is 19.9 Å². The molecule has 4 rings (SSSR count). The summed E-state index contributed by atoms with van der Waals surface area (Å²) in [6.45, 7) is 5.21. The van der Waals surface area contributed by atoms with Gasteiger partial charge in [0.15, 0.2) is 5.76 Å². The topological polar surface area (TPSA) is 87.4 Å². The van der Waals surface area contributed by atoms with Gasteiger partial charge in [0.05, 0.1) is 6.26 Å². The van der Waals surface area contributed by atoms with Gasteiger partial charge in [0, 0.05) is 51.2 Å². The fourth-order valence-corrected chi connectivity index (χ4v) is 3.19. The molecular weight excluding hydrogens is 356 g/mol. The molecule has 3 aromatic heterocycles. The molecule has 0 bridgehead atoms. The van der Waals surface area contributed by atoms with Crippen LogP contribution >= 0.6 is 0 Å². The van der Waals surface area contributed by atoms with Crippen LogP contribution in [0.3, 0.4) is 0 Å². The summed E-state index contributed by atoms with van der Waals surface area (Å²) >= 11 is 0. The Morgan fingerprint density at radius 2 is 2.04 bits per heavy atom. The lowest BCUT2D eigenvalue weighted by Gasteiger charge is -2.35. The third kappa shape index (κ3) is 4.11. The number of hydrogen-bond donors (Lipinski definition) is 1. The Bertz CT molecular complexity index is 921. The lowest BCUT2D eigenvalue weighted by molar-refractivity contribution is 0.0714. The van der Waals surface area contributed by atoms with Crippen molar-refractivity contribution in [2.24, 2.45) is 0 Å². The van der Waals surface area contributed by atoms with E-state index in [9.17, 15) is 4.79 Å². The molecule has 3 aromatic rings. The molecule has 0 radical (unpaired) electrons. The molecule has 1 aliphatic heterocycles. The lowest BCUT2D eigenvalue weighted by Crippen LogP contribution is -2.49. The zero-order chi connectivity index (χ0) is 19.3. The summed E-state index contributed by atoms with van der Waals surface area (Å²) in [5, 5.41) is 3.33. The molecule has 1 aliphatic rings. The van der Waals surface area contributed by atoms with E-state index in [0.29, 0.717) is 44.3 Å². The number of aryl methyl sites for hydroxylation is 1. The summed E-state index contributed by atoms with van der Waals surface area (Å²) < 4.78 is 5.22. The average Bonchev–Trinajstić information content (AvgIpc) is 3.27. The van der Waals surface area contributed by atoms with E-state index in [0.717, 1.165) is 17.2 Å². The van der Waals surface area contributed by atoms with E-state index in [1.807, 2.05) is 36.2 Å². The minimum Gasteiger partial charge on any atom is -0.459 e. The van der Waals surface area contributed by atoms with Crippen molar-refractivity contribution in [2.45, 2.75) is 13.5 Å². The van der Waals surface area contributed by atoms with Crippen molar-refractivity contribution in [1.29, 1.82) is 0 Å². The van der Waals surface area contributed by atoms with Crippen LogP contribution < -0.4 is 10.2 Å². The zero-order valence-corrected chi connectivity index (χ0v) is 15.7. The molecular formula is C20H22N6O2. The monoisotopic (exact) mass is 378 g/mol. The SMILES string of the molecule is Cc1nc(NCc2cccnc2)cc(N2CCN(C(=O)c3ccco3)CC2)n1. The third-order valence-corrected chi connectivity index (χ3v) is 4.64. The average molecular weight is 378 g/mol. The Kier molecular flexibility index (Phi) is 5.18. The van der Waals surface area contributed by atoms with Crippen molar-refractivity contribution < 1.29 is 9.21 Å². The molecule has 0 aliphatic carbocycles. The van der Waals surface area contributed by atoms with Gasteiger partial charge in [-0.3, -0.25) is 9.78 Å². The summed E-state index contributed by atoms with van der Waals surface area (Å²) in [5.41, 5.74) is 1.09.